The highest BCUT2D eigenvalue weighted by Crippen LogP contribution is 2.27. The molecule has 1 aliphatic heterocycles. The predicted octanol–water partition coefficient (Wildman–Crippen LogP) is 1.92. The number of benzene rings is 1. The second-order valence-corrected chi connectivity index (χ2v) is 6.81. The van der Waals surface area contributed by atoms with E-state index in [2.05, 4.69) is 10.3 Å². The Kier molecular flexibility index (Phi) is 4.36. The molecule has 1 aliphatic carbocycles. The van der Waals surface area contributed by atoms with Crippen molar-refractivity contribution < 1.29 is 18.7 Å². The third-order valence-electron chi connectivity index (χ3n) is 4.74. The second-order valence-electron chi connectivity index (χ2n) is 6.81. The number of aryl methyl sites for hydroxylation is 1. The van der Waals surface area contributed by atoms with E-state index in [1.165, 1.54) is 6.39 Å². The molecule has 2 aliphatic rings. The zero-order valence-corrected chi connectivity index (χ0v) is 14.6. The van der Waals surface area contributed by atoms with Gasteiger partial charge in [0, 0.05) is 12.5 Å². The average molecular weight is 355 g/mol. The van der Waals surface area contributed by atoms with Gasteiger partial charge in [-0.15, -0.1) is 0 Å². The molecule has 7 heteroatoms. The molecular weight excluding hydrogens is 334 g/mol. The first-order valence-electron chi connectivity index (χ1n) is 8.85. The van der Waals surface area contributed by atoms with Crippen molar-refractivity contribution in [3.63, 3.8) is 0 Å². The Morgan fingerprint density at radius 3 is 2.69 bits per heavy atom. The fraction of sp³-hybridized carbons (Fsp3) is 0.421. The first kappa shape index (κ1) is 16.6. The van der Waals surface area contributed by atoms with E-state index >= 15 is 0 Å². The van der Waals surface area contributed by atoms with Crippen LogP contribution in [-0.4, -0.2) is 46.4 Å². The predicted molar refractivity (Wildman–Crippen MR) is 92.7 cm³/mol. The molecule has 2 atom stereocenters. The maximum atomic E-state index is 12.9. The van der Waals surface area contributed by atoms with Crippen molar-refractivity contribution in [2.75, 3.05) is 6.54 Å². The third-order valence-corrected chi connectivity index (χ3v) is 4.74. The summed E-state index contributed by atoms with van der Waals surface area (Å²) in [6.07, 6.45) is 3.44. The highest BCUT2D eigenvalue weighted by atomic mass is 16.5. The summed E-state index contributed by atoms with van der Waals surface area (Å²) >= 11 is 0. The van der Waals surface area contributed by atoms with E-state index in [0.717, 1.165) is 18.6 Å². The minimum Gasteiger partial charge on any atom is -0.488 e. The summed E-state index contributed by atoms with van der Waals surface area (Å²) in [6, 6.07) is 9.09. The normalized spacial score (nSPS) is 22.3. The lowest BCUT2D eigenvalue weighted by Crippen LogP contribution is -2.46. The number of oxazole rings is 1. The van der Waals surface area contributed by atoms with E-state index in [0.29, 0.717) is 18.7 Å². The zero-order chi connectivity index (χ0) is 18.1. The van der Waals surface area contributed by atoms with Crippen LogP contribution in [-0.2, 0) is 4.79 Å². The van der Waals surface area contributed by atoms with Gasteiger partial charge < -0.3 is 19.4 Å². The summed E-state index contributed by atoms with van der Waals surface area (Å²) in [5.74, 6) is 0.450. The Morgan fingerprint density at radius 1 is 1.27 bits per heavy atom. The molecule has 0 radical (unpaired) electrons. The van der Waals surface area contributed by atoms with Gasteiger partial charge in [0.15, 0.2) is 6.39 Å². The van der Waals surface area contributed by atoms with Gasteiger partial charge in [-0.05, 0) is 31.9 Å². The number of para-hydroxylation sites is 1. The number of nitrogens with one attached hydrogen (secondary N) is 1. The van der Waals surface area contributed by atoms with Crippen LogP contribution in [0.3, 0.4) is 0 Å². The molecule has 1 N–H and O–H groups in total. The monoisotopic (exact) mass is 355 g/mol. The number of likely N-dealkylation sites (tertiary alicyclic amines) is 1. The van der Waals surface area contributed by atoms with Crippen LogP contribution in [0.5, 0.6) is 5.75 Å². The Hall–Kier alpha value is -2.83. The number of amides is 2. The van der Waals surface area contributed by atoms with Crippen molar-refractivity contribution in [3.05, 3.63) is 48.2 Å². The summed E-state index contributed by atoms with van der Waals surface area (Å²) in [7, 11) is 0. The summed E-state index contributed by atoms with van der Waals surface area (Å²) in [5, 5.41) is 2.99. The van der Waals surface area contributed by atoms with Gasteiger partial charge in [0.1, 0.15) is 17.9 Å². The largest absolute Gasteiger partial charge is 0.488 e. The number of aromatic nitrogens is 1. The Morgan fingerprint density at radius 2 is 2.04 bits per heavy atom. The number of hydrogen-bond acceptors (Lipinski definition) is 5. The van der Waals surface area contributed by atoms with Crippen LogP contribution in [0.25, 0.3) is 0 Å². The first-order valence-corrected chi connectivity index (χ1v) is 8.85. The van der Waals surface area contributed by atoms with Gasteiger partial charge in [0.25, 0.3) is 5.91 Å². The van der Waals surface area contributed by atoms with Crippen LogP contribution < -0.4 is 10.1 Å². The van der Waals surface area contributed by atoms with Crippen LogP contribution in [0.1, 0.15) is 35.5 Å². The zero-order valence-electron chi connectivity index (χ0n) is 14.6. The van der Waals surface area contributed by atoms with E-state index in [4.69, 9.17) is 9.15 Å². The molecule has 136 valence electrons. The quantitative estimate of drug-likeness (QED) is 0.886. The lowest BCUT2D eigenvalue weighted by atomic mass is 10.1. The van der Waals surface area contributed by atoms with Gasteiger partial charge in [-0.1, -0.05) is 18.2 Å². The summed E-state index contributed by atoms with van der Waals surface area (Å²) in [6.45, 7) is 2.04. The first-order chi connectivity index (χ1) is 12.6. The Balaban J connectivity index is 1.53. The third kappa shape index (κ3) is 3.42. The van der Waals surface area contributed by atoms with Gasteiger partial charge in [-0.25, -0.2) is 4.98 Å². The molecule has 7 nitrogen and oxygen atoms in total. The summed E-state index contributed by atoms with van der Waals surface area (Å²) in [4.78, 5) is 31.1. The molecular formula is C19H21N3O4. The van der Waals surface area contributed by atoms with E-state index in [9.17, 15) is 9.59 Å². The molecule has 1 saturated heterocycles. The molecule has 2 aromatic rings. The molecule has 4 rings (SSSR count). The molecule has 0 bridgehead atoms. The number of carbonyl (C=O) groups is 2. The van der Waals surface area contributed by atoms with Gasteiger partial charge in [-0.2, -0.15) is 0 Å². The fourth-order valence-corrected chi connectivity index (χ4v) is 3.21. The maximum absolute atomic E-state index is 12.9. The minimum absolute atomic E-state index is 0.128. The van der Waals surface area contributed by atoms with Gasteiger partial charge in [-0.3, -0.25) is 9.59 Å². The summed E-state index contributed by atoms with van der Waals surface area (Å²) < 4.78 is 11.2. The van der Waals surface area contributed by atoms with Crippen LogP contribution in [0.15, 0.2) is 41.1 Å². The number of carbonyl (C=O) groups excluding carboxylic acids is 2. The SMILES string of the molecule is Cc1ncoc1C(=O)N1C[C@@H](Oc2ccccc2)C[C@H]1C(=O)NC1CC1. The van der Waals surface area contributed by atoms with Gasteiger partial charge in [0.2, 0.25) is 11.7 Å². The molecule has 0 spiro atoms. The summed E-state index contributed by atoms with van der Waals surface area (Å²) in [5.41, 5.74) is 0.517. The molecule has 1 aromatic heterocycles. The van der Waals surface area contributed by atoms with Crippen LogP contribution in [0.4, 0.5) is 0 Å². The van der Waals surface area contributed by atoms with Crippen molar-refractivity contribution in [3.8, 4) is 5.75 Å². The van der Waals surface area contributed by atoms with E-state index in [-0.39, 0.29) is 29.7 Å². The van der Waals surface area contributed by atoms with Gasteiger partial charge >= 0.3 is 0 Å². The van der Waals surface area contributed by atoms with Crippen molar-refractivity contribution >= 4 is 11.8 Å². The smallest absolute Gasteiger partial charge is 0.292 e. The lowest BCUT2D eigenvalue weighted by molar-refractivity contribution is -0.125. The Labute approximate surface area is 151 Å². The second kappa shape index (κ2) is 6.82. The minimum atomic E-state index is -0.568. The fourth-order valence-electron chi connectivity index (χ4n) is 3.21. The lowest BCUT2D eigenvalue weighted by Gasteiger charge is -2.22. The van der Waals surface area contributed by atoms with Crippen molar-refractivity contribution in [2.24, 2.45) is 0 Å². The molecule has 26 heavy (non-hydrogen) atoms. The average Bonchev–Trinajstić information content (AvgIpc) is 3.18. The molecule has 2 heterocycles. The molecule has 1 aromatic carbocycles. The molecule has 2 fully saturated rings. The number of rotatable bonds is 5. The van der Waals surface area contributed by atoms with E-state index < -0.39 is 6.04 Å². The maximum Gasteiger partial charge on any atom is 0.292 e. The van der Waals surface area contributed by atoms with Gasteiger partial charge in [0.05, 0.1) is 12.2 Å². The van der Waals surface area contributed by atoms with Crippen LogP contribution >= 0.6 is 0 Å². The van der Waals surface area contributed by atoms with Crippen LogP contribution in [0.2, 0.25) is 0 Å². The topological polar surface area (TPSA) is 84.7 Å². The number of hydrogen-bond donors (Lipinski definition) is 1. The van der Waals surface area contributed by atoms with E-state index in [1.807, 2.05) is 30.3 Å². The molecule has 0 unspecified atom stereocenters. The van der Waals surface area contributed by atoms with Crippen molar-refractivity contribution in [1.29, 1.82) is 0 Å². The Bertz CT molecular complexity index is 800. The number of nitrogens with zero attached hydrogens (tertiary/aromatic N) is 2. The molecule has 2 amide bonds. The highest BCUT2D eigenvalue weighted by Gasteiger charge is 2.43. The highest BCUT2D eigenvalue weighted by molar-refractivity contribution is 5.96. The van der Waals surface area contributed by atoms with Crippen molar-refractivity contribution in [1.82, 2.24) is 15.2 Å². The van der Waals surface area contributed by atoms with E-state index in [1.54, 1.807) is 11.8 Å². The standard InChI is InChI=1S/C19H21N3O4/c1-12-17(25-11-20-12)19(24)22-10-15(26-14-5-3-2-4-6-14)9-16(22)18(23)21-13-7-8-13/h2-6,11,13,15-16H,7-10H2,1H3,(H,21,23)/t15-,16-/m0/s1. The molecule has 1 saturated carbocycles. The number of ether oxygens (including phenoxy) is 1. The van der Waals surface area contributed by atoms with Crippen LogP contribution in [0, 0.1) is 6.92 Å². The van der Waals surface area contributed by atoms with Crippen molar-refractivity contribution in [2.45, 2.75) is 44.4 Å².